The largest absolute Gasteiger partial charge is 0.444 e. The minimum Gasteiger partial charge on any atom is -0.444 e. The van der Waals surface area contributed by atoms with Crippen molar-refractivity contribution in [1.82, 2.24) is 16.0 Å². The van der Waals surface area contributed by atoms with E-state index in [0.29, 0.717) is 6.54 Å². The second-order valence-corrected chi connectivity index (χ2v) is 5.92. The summed E-state index contributed by atoms with van der Waals surface area (Å²) >= 11 is 0. The molecule has 0 saturated carbocycles. The van der Waals surface area contributed by atoms with Crippen molar-refractivity contribution >= 4 is 36.0 Å². The molecule has 3 N–H and O–H groups in total. The average molecular weight is 428 g/mol. The van der Waals surface area contributed by atoms with Gasteiger partial charge in [0.25, 0.3) is 0 Å². The van der Waals surface area contributed by atoms with Crippen molar-refractivity contribution in [3.8, 4) is 0 Å². The molecule has 22 heavy (non-hydrogen) atoms. The number of hydrogen-bond donors (Lipinski definition) is 3. The number of unbranched alkanes of at least 4 members (excludes halogenated alkanes) is 2. The van der Waals surface area contributed by atoms with Crippen molar-refractivity contribution in [2.75, 3.05) is 26.7 Å². The molecule has 0 aliphatic rings. The molecule has 0 aliphatic heterocycles. The van der Waals surface area contributed by atoms with E-state index in [4.69, 9.17) is 4.74 Å². The molecule has 132 valence electrons. The van der Waals surface area contributed by atoms with Crippen molar-refractivity contribution in [2.24, 2.45) is 4.99 Å². The van der Waals surface area contributed by atoms with E-state index in [1.165, 1.54) is 12.8 Å². The Morgan fingerprint density at radius 1 is 1.00 bits per heavy atom. The van der Waals surface area contributed by atoms with Gasteiger partial charge in [0.05, 0.1) is 0 Å². The molecule has 0 atom stereocenters. The molecule has 6 nitrogen and oxygen atoms in total. The SMILES string of the molecule is CCCCCNC(=NC)NCCCNC(=O)OC(C)(C)C.I. The lowest BCUT2D eigenvalue weighted by atomic mass is 10.2. The van der Waals surface area contributed by atoms with Crippen molar-refractivity contribution in [3.63, 3.8) is 0 Å². The first-order chi connectivity index (χ1) is 9.89. The van der Waals surface area contributed by atoms with Crippen LogP contribution in [0.25, 0.3) is 0 Å². The van der Waals surface area contributed by atoms with Crippen molar-refractivity contribution in [2.45, 2.75) is 59.0 Å². The van der Waals surface area contributed by atoms with Gasteiger partial charge in [-0.25, -0.2) is 4.79 Å². The number of nitrogens with one attached hydrogen (secondary N) is 3. The fourth-order valence-corrected chi connectivity index (χ4v) is 1.60. The summed E-state index contributed by atoms with van der Waals surface area (Å²) in [4.78, 5) is 15.6. The highest BCUT2D eigenvalue weighted by Gasteiger charge is 2.15. The first-order valence-corrected chi connectivity index (χ1v) is 7.80. The van der Waals surface area contributed by atoms with E-state index in [0.717, 1.165) is 31.9 Å². The summed E-state index contributed by atoms with van der Waals surface area (Å²) in [7, 11) is 1.76. The molecule has 0 aromatic carbocycles. The summed E-state index contributed by atoms with van der Waals surface area (Å²) < 4.78 is 5.16. The number of nitrogens with zero attached hydrogens (tertiary/aromatic N) is 1. The van der Waals surface area contributed by atoms with Gasteiger partial charge >= 0.3 is 6.09 Å². The van der Waals surface area contributed by atoms with Crippen LogP contribution in [-0.2, 0) is 4.74 Å². The van der Waals surface area contributed by atoms with E-state index in [1.54, 1.807) is 7.05 Å². The fraction of sp³-hybridized carbons (Fsp3) is 0.867. The van der Waals surface area contributed by atoms with Gasteiger partial charge in [0, 0.05) is 26.7 Å². The van der Waals surface area contributed by atoms with Gasteiger partial charge in [-0.15, -0.1) is 24.0 Å². The Morgan fingerprint density at radius 3 is 2.05 bits per heavy atom. The van der Waals surface area contributed by atoms with Crippen molar-refractivity contribution < 1.29 is 9.53 Å². The fourth-order valence-electron chi connectivity index (χ4n) is 1.60. The summed E-state index contributed by atoms with van der Waals surface area (Å²) in [5.74, 6) is 0.809. The summed E-state index contributed by atoms with van der Waals surface area (Å²) in [6.45, 7) is 10.00. The minimum atomic E-state index is -0.452. The first-order valence-electron chi connectivity index (χ1n) is 7.80. The molecule has 0 unspecified atom stereocenters. The molecular formula is C15H33IN4O2. The highest BCUT2D eigenvalue weighted by atomic mass is 127. The Labute approximate surface area is 152 Å². The Bertz CT molecular complexity index is 317. The zero-order valence-corrected chi connectivity index (χ0v) is 17.0. The van der Waals surface area contributed by atoms with E-state index in [2.05, 4.69) is 27.9 Å². The molecule has 0 aliphatic carbocycles. The Balaban J connectivity index is 0. The molecule has 0 radical (unpaired) electrons. The predicted molar refractivity (Wildman–Crippen MR) is 103 cm³/mol. The molecule has 0 bridgehead atoms. The molecule has 0 heterocycles. The number of halogens is 1. The molecule has 0 rings (SSSR count). The quantitative estimate of drug-likeness (QED) is 0.241. The third-order valence-electron chi connectivity index (χ3n) is 2.61. The van der Waals surface area contributed by atoms with Gasteiger partial charge in [-0.3, -0.25) is 4.99 Å². The van der Waals surface area contributed by atoms with Gasteiger partial charge in [0.1, 0.15) is 5.60 Å². The number of carbonyl (C=O) groups is 1. The lowest BCUT2D eigenvalue weighted by Gasteiger charge is -2.19. The van der Waals surface area contributed by atoms with Crippen LogP contribution in [0.5, 0.6) is 0 Å². The maximum Gasteiger partial charge on any atom is 0.407 e. The number of rotatable bonds is 8. The molecule has 0 aromatic rings. The number of aliphatic imine (C=N–C) groups is 1. The smallest absolute Gasteiger partial charge is 0.407 e. The monoisotopic (exact) mass is 428 g/mol. The molecule has 0 spiro atoms. The number of carbonyl (C=O) groups excluding carboxylic acids is 1. The first kappa shape index (κ1) is 23.5. The third-order valence-corrected chi connectivity index (χ3v) is 2.61. The molecule has 0 fully saturated rings. The second-order valence-electron chi connectivity index (χ2n) is 5.92. The van der Waals surface area contributed by atoms with E-state index in [9.17, 15) is 4.79 Å². The van der Waals surface area contributed by atoms with E-state index in [-0.39, 0.29) is 30.1 Å². The van der Waals surface area contributed by atoms with Crippen LogP contribution in [0.1, 0.15) is 53.4 Å². The summed E-state index contributed by atoms with van der Waals surface area (Å²) in [6.07, 6.45) is 4.03. The maximum atomic E-state index is 11.4. The van der Waals surface area contributed by atoms with E-state index >= 15 is 0 Å². The van der Waals surface area contributed by atoms with Gasteiger partial charge in [-0.05, 0) is 33.6 Å². The number of amides is 1. The van der Waals surface area contributed by atoms with Crippen molar-refractivity contribution in [1.29, 1.82) is 0 Å². The highest BCUT2D eigenvalue weighted by Crippen LogP contribution is 2.06. The van der Waals surface area contributed by atoms with Crippen LogP contribution < -0.4 is 16.0 Å². The molecular weight excluding hydrogens is 395 g/mol. The zero-order chi connectivity index (χ0) is 16.1. The second kappa shape index (κ2) is 13.9. The van der Waals surface area contributed by atoms with Crippen LogP contribution in [0.3, 0.4) is 0 Å². The lowest BCUT2D eigenvalue weighted by Crippen LogP contribution is -2.39. The van der Waals surface area contributed by atoms with Gasteiger partial charge in [-0.1, -0.05) is 19.8 Å². The predicted octanol–water partition coefficient (Wildman–Crippen LogP) is 2.87. The topological polar surface area (TPSA) is 74.8 Å². The van der Waals surface area contributed by atoms with Crippen LogP contribution >= 0.6 is 24.0 Å². The minimum absolute atomic E-state index is 0. The van der Waals surface area contributed by atoms with Gasteiger partial charge in [0.15, 0.2) is 5.96 Å². The molecule has 1 amide bonds. The van der Waals surface area contributed by atoms with Crippen LogP contribution in [0.4, 0.5) is 4.79 Å². The van der Waals surface area contributed by atoms with Crippen molar-refractivity contribution in [3.05, 3.63) is 0 Å². The lowest BCUT2D eigenvalue weighted by molar-refractivity contribution is 0.0527. The van der Waals surface area contributed by atoms with Gasteiger partial charge < -0.3 is 20.7 Å². The maximum absolute atomic E-state index is 11.4. The highest BCUT2D eigenvalue weighted by molar-refractivity contribution is 14.0. The molecule has 0 saturated heterocycles. The number of ether oxygens (including phenoxy) is 1. The van der Waals surface area contributed by atoms with E-state index in [1.807, 2.05) is 20.8 Å². The Kier molecular flexibility index (Phi) is 14.9. The van der Waals surface area contributed by atoms with Gasteiger partial charge in [-0.2, -0.15) is 0 Å². The Hall–Kier alpha value is -0.730. The van der Waals surface area contributed by atoms with E-state index < -0.39 is 5.60 Å². The molecule has 7 heteroatoms. The summed E-state index contributed by atoms with van der Waals surface area (Å²) in [5.41, 5.74) is -0.452. The summed E-state index contributed by atoms with van der Waals surface area (Å²) in [6, 6.07) is 0. The van der Waals surface area contributed by atoms with Crippen LogP contribution in [0.15, 0.2) is 4.99 Å². The normalized spacial score (nSPS) is 11.4. The zero-order valence-electron chi connectivity index (χ0n) is 14.6. The van der Waals surface area contributed by atoms with Crippen LogP contribution in [0, 0.1) is 0 Å². The van der Waals surface area contributed by atoms with Gasteiger partial charge in [0.2, 0.25) is 0 Å². The third kappa shape index (κ3) is 15.7. The number of guanidine groups is 1. The summed E-state index contributed by atoms with van der Waals surface area (Å²) in [5, 5.41) is 9.21. The Morgan fingerprint density at radius 2 is 1.55 bits per heavy atom. The van der Waals surface area contributed by atoms with Crippen LogP contribution in [0.2, 0.25) is 0 Å². The van der Waals surface area contributed by atoms with Crippen LogP contribution in [-0.4, -0.2) is 44.3 Å². The standard InChI is InChI=1S/C15H32N4O2.HI/c1-6-7-8-10-17-13(16-5)18-11-9-12-19-14(20)21-15(2,3)4;/h6-12H2,1-5H3,(H,19,20)(H2,16,17,18);1H. The molecule has 0 aromatic heterocycles. The number of hydrogen-bond acceptors (Lipinski definition) is 3. The average Bonchev–Trinajstić information content (AvgIpc) is 2.38. The number of alkyl carbamates (subject to hydrolysis) is 1.